The van der Waals surface area contributed by atoms with E-state index >= 15 is 0 Å². The monoisotopic (exact) mass is 334 g/mol. The molecule has 1 saturated carbocycles. The summed E-state index contributed by atoms with van der Waals surface area (Å²) in [5.41, 5.74) is 4.68. The second-order valence-electron chi connectivity index (χ2n) is 4.46. The first-order valence-corrected chi connectivity index (χ1v) is 6.67. The van der Waals surface area contributed by atoms with Crippen molar-refractivity contribution >= 4 is 27.5 Å². The Labute approximate surface area is 117 Å². The zero-order valence-corrected chi connectivity index (χ0v) is 11.5. The number of benzene rings is 1. The Morgan fingerprint density at radius 3 is 2.68 bits per heavy atom. The normalized spacial score (nSPS) is 22.3. The van der Waals surface area contributed by atoms with Gasteiger partial charge >= 0.3 is 0 Å². The van der Waals surface area contributed by atoms with Gasteiger partial charge in [0, 0.05) is 10.5 Å². The van der Waals surface area contributed by atoms with Gasteiger partial charge in [0.2, 0.25) is 5.91 Å². The fourth-order valence-corrected chi connectivity index (χ4v) is 2.63. The third-order valence-corrected chi connectivity index (χ3v) is 3.76. The van der Waals surface area contributed by atoms with E-state index < -0.39 is 29.6 Å². The molecule has 3 N–H and O–H groups in total. The molecule has 19 heavy (non-hydrogen) atoms. The molecule has 104 valence electrons. The van der Waals surface area contributed by atoms with Crippen molar-refractivity contribution in [2.24, 2.45) is 5.92 Å². The topological polar surface area (TPSA) is 61.4 Å². The molecule has 0 aliphatic heterocycles. The Morgan fingerprint density at radius 2 is 2.11 bits per heavy atom. The summed E-state index contributed by atoms with van der Waals surface area (Å²) < 4.78 is 26.5. The van der Waals surface area contributed by atoms with Gasteiger partial charge in [-0.2, -0.15) is 0 Å². The maximum Gasteiger partial charge on any atom is 0.244 e. The number of aliphatic hydroxyl groups excluding tert-OH is 1. The summed E-state index contributed by atoms with van der Waals surface area (Å²) in [6.45, 7) is 0. The highest BCUT2D eigenvalue weighted by Gasteiger charge is 2.31. The van der Waals surface area contributed by atoms with E-state index in [1.165, 1.54) is 0 Å². The minimum atomic E-state index is -0.820. The van der Waals surface area contributed by atoms with Gasteiger partial charge in [0.1, 0.15) is 11.5 Å². The van der Waals surface area contributed by atoms with Crippen LogP contribution in [0.25, 0.3) is 0 Å². The zero-order chi connectivity index (χ0) is 14.0. The maximum atomic E-state index is 13.5. The lowest BCUT2D eigenvalue weighted by molar-refractivity contribution is -0.126. The summed E-state index contributed by atoms with van der Waals surface area (Å²) in [6, 6.07) is 1.80. The van der Waals surface area contributed by atoms with Gasteiger partial charge in [0.25, 0.3) is 0 Å². The van der Waals surface area contributed by atoms with Crippen LogP contribution in [0.1, 0.15) is 19.3 Å². The van der Waals surface area contributed by atoms with Crippen molar-refractivity contribution in [1.29, 1.82) is 0 Å². The van der Waals surface area contributed by atoms with Gasteiger partial charge in [0.15, 0.2) is 5.82 Å². The number of halogens is 3. The number of aliphatic hydroxyl groups is 1. The molecule has 2 rings (SSSR count). The van der Waals surface area contributed by atoms with Crippen LogP contribution in [0.5, 0.6) is 0 Å². The molecule has 1 aliphatic rings. The van der Waals surface area contributed by atoms with E-state index in [0.29, 0.717) is 18.9 Å². The summed E-state index contributed by atoms with van der Waals surface area (Å²) in [5, 5.41) is 9.58. The van der Waals surface area contributed by atoms with Gasteiger partial charge in [-0.15, -0.1) is 0 Å². The van der Waals surface area contributed by atoms with Gasteiger partial charge in [-0.3, -0.25) is 15.6 Å². The average molecular weight is 335 g/mol. The lowest BCUT2D eigenvalue weighted by Gasteiger charge is -2.16. The minimum absolute atomic E-state index is 0.0535. The number of rotatable bonds is 3. The number of carbonyl (C=O) groups is 1. The van der Waals surface area contributed by atoms with Gasteiger partial charge < -0.3 is 5.11 Å². The number of hydrogen-bond acceptors (Lipinski definition) is 3. The third kappa shape index (κ3) is 3.22. The Balaban J connectivity index is 2.01. The molecule has 0 aromatic heterocycles. The van der Waals surface area contributed by atoms with Gasteiger partial charge in [-0.25, -0.2) is 8.78 Å². The Bertz CT molecular complexity index is 476. The Hall–Kier alpha value is -1.21. The van der Waals surface area contributed by atoms with E-state index in [4.69, 9.17) is 0 Å². The predicted octanol–water partition coefficient (Wildman–Crippen LogP) is 2.33. The van der Waals surface area contributed by atoms with E-state index in [1.807, 2.05) is 0 Å². The SMILES string of the molecule is O=C(NNc1c(F)cc(F)cc1Br)C1CCCC1O. The van der Waals surface area contributed by atoms with E-state index in [9.17, 15) is 18.7 Å². The lowest BCUT2D eigenvalue weighted by Crippen LogP contribution is -2.38. The molecule has 1 aromatic carbocycles. The van der Waals surface area contributed by atoms with Crippen molar-refractivity contribution in [3.63, 3.8) is 0 Å². The quantitative estimate of drug-likeness (QED) is 0.743. The molecule has 0 bridgehead atoms. The van der Waals surface area contributed by atoms with Gasteiger partial charge in [-0.05, 0) is 41.3 Å². The van der Waals surface area contributed by atoms with Crippen molar-refractivity contribution in [3.05, 3.63) is 28.2 Å². The summed E-state index contributed by atoms with van der Waals surface area (Å²) in [5.74, 6) is -2.43. The van der Waals surface area contributed by atoms with Crippen LogP contribution in [0, 0.1) is 17.6 Å². The number of amides is 1. The molecule has 2 atom stereocenters. The number of anilines is 1. The molecule has 4 nitrogen and oxygen atoms in total. The fraction of sp³-hybridized carbons (Fsp3) is 0.417. The summed E-state index contributed by atoms with van der Waals surface area (Å²) >= 11 is 3.00. The average Bonchev–Trinajstić information content (AvgIpc) is 2.73. The van der Waals surface area contributed by atoms with Crippen LogP contribution < -0.4 is 10.9 Å². The highest BCUT2D eigenvalue weighted by Crippen LogP contribution is 2.27. The summed E-state index contributed by atoms with van der Waals surface area (Å²) in [7, 11) is 0. The fourth-order valence-electron chi connectivity index (χ4n) is 2.12. The molecule has 0 saturated heterocycles. The highest BCUT2D eigenvalue weighted by atomic mass is 79.9. The Kier molecular flexibility index (Phi) is 4.36. The standard InChI is InChI=1S/C12H13BrF2N2O2/c13-8-4-6(14)5-9(15)11(8)16-17-12(19)7-2-1-3-10(7)18/h4-5,7,10,16,18H,1-3H2,(H,17,19). The van der Waals surface area contributed by atoms with E-state index in [0.717, 1.165) is 12.5 Å². The molecule has 1 aliphatic carbocycles. The van der Waals surface area contributed by atoms with E-state index in [2.05, 4.69) is 26.8 Å². The third-order valence-electron chi connectivity index (χ3n) is 3.13. The first-order valence-electron chi connectivity index (χ1n) is 5.87. The molecular formula is C12H13BrF2N2O2. The molecule has 1 aromatic rings. The van der Waals surface area contributed by atoms with Crippen molar-refractivity contribution in [2.45, 2.75) is 25.4 Å². The van der Waals surface area contributed by atoms with Crippen molar-refractivity contribution < 1.29 is 18.7 Å². The van der Waals surface area contributed by atoms with E-state index in [-0.39, 0.29) is 10.2 Å². The molecule has 1 fully saturated rings. The number of carbonyl (C=O) groups excluding carboxylic acids is 1. The molecule has 0 spiro atoms. The van der Waals surface area contributed by atoms with Crippen LogP contribution >= 0.6 is 15.9 Å². The number of hydrogen-bond donors (Lipinski definition) is 3. The second-order valence-corrected chi connectivity index (χ2v) is 5.32. The van der Waals surface area contributed by atoms with Crippen LogP contribution in [0.2, 0.25) is 0 Å². The van der Waals surface area contributed by atoms with E-state index in [1.54, 1.807) is 0 Å². The summed E-state index contributed by atoms with van der Waals surface area (Å²) in [4.78, 5) is 11.8. The zero-order valence-electron chi connectivity index (χ0n) is 9.92. The second kappa shape index (κ2) is 5.83. The highest BCUT2D eigenvalue weighted by molar-refractivity contribution is 9.10. The first kappa shape index (κ1) is 14.2. The van der Waals surface area contributed by atoms with Crippen molar-refractivity contribution in [3.8, 4) is 0 Å². The first-order chi connectivity index (χ1) is 8.99. The van der Waals surface area contributed by atoms with Gasteiger partial charge in [-0.1, -0.05) is 0 Å². The summed E-state index contributed by atoms with van der Waals surface area (Å²) in [6.07, 6.45) is 1.31. The van der Waals surface area contributed by atoms with Crippen LogP contribution in [0.15, 0.2) is 16.6 Å². The molecule has 2 unspecified atom stereocenters. The molecule has 0 heterocycles. The predicted molar refractivity (Wildman–Crippen MR) is 69.2 cm³/mol. The van der Waals surface area contributed by atoms with Crippen LogP contribution in [0.4, 0.5) is 14.5 Å². The number of nitrogens with one attached hydrogen (secondary N) is 2. The van der Waals surface area contributed by atoms with Crippen LogP contribution in [-0.4, -0.2) is 17.1 Å². The van der Waals surface area contributed by atoms with Gasteiger partial charge in [0.05, 0.1) is 12.0 Å². The van der Waals surface area contributed by atoms with Crippen LogP contribution in [-0.2, 0) is 4.79 Å². The smallest absolute Gasteiger partial charge is 0.244 e. The van der Waals surface area contributed by atoms with Crippen LogP contribution in [0.3, 0.4) is 0 Å². The lowest BCUT2D eigenvalue weighted by atomic mass is 10.1. The molecule has 7 heteroatoms. The largest absolute Gasteiger partial charge is 0.392 e. The molecule has 1 amide bonds. The number of hydrazine groups is 1. The minimum Gasteiger partial charge on any atom is -0.392 e. The molecule has 0 radical (unpaired) electrons. The Morgan fingerprint density at radius 1 is 1.37 bits per heavy atom. The maximum absolute atomic E-state index is 13.5. The van der Waals surface area contributed by atoms with Crippen molar-refractivity contribution in [1.82, 2.24) is 5.43 Å². The molecular weight excluding hydrogens is 322 g/mol. The van der Waals surface area contributed by atoms with Crippen molar-refractivity contribution in [2.75, 3.05) is 5.43 Å².